The van der Waals surface area contributed by atoms with E-state index in [-0.39, 0.29) is 6.08 Å². The smallest absolute Gasteiger partial charge is 0.289 e. The molecule has 0 fully saturated rings. The molecule has 0 amide bonds. The maximum atomic E-state index is 12.5. The van der Waals surface area contributed by atoms with Crippen LogP contribution in [0.3, 0.4) is 0 Å². The minimum absolute atomic E-state index is 0.381. The van der Waals surface area contributed by atoms with Gasteiger partial charge in [0.1, 0.15) is 0 Å². The molecule has 10 heavy (non-hydrogen) atoms. The maximum absolute atomic E-state index is 12.5. The highest BCUT2D eigenvalue weighted by Crippen LogP contribution is 1.97. The Morgan fingerprint density at radius 2 is 2.50 bits per heavy atom. The van der Waals surface area contributed by atoms with Crippen LogP contribution in [0.4, 0.5) is 4.39 Å². The molecule has 1 aromatic rings. The SMILES string of the molecule is CCCCn1ccnc1F. The first-order valence-corrected chi connectivity index (χ1v) is 3.51. The number of aromatic nitrogens is 2. The monoisotopic (exact) mass is 142 g/mol. The molecule has 2 nitrogen and oxygen atoms in total. The van der Waals surface area contributed by atoms with Crippen LogP contribution in [0.15, 0.2) is 12.4 Å². The Labute approximate surface area is 59.7 Å². The number of aryl methyl sites for hydroxylation is 1. The van der Waals surface area contributed by atoms with Crippen molar-refractivity contribution in [2.45, 2.75) is 26.3 Å². The van der Waals surface area contributed by atoms with Gasteiger partial charge < -0.3 is 4.57 Å². The first-order chi connectivity index (χ1) is 4.84. The molecule has 0 spiro atoms. The summed E-state index contributed by atoms with van der Waals surface area (Å²) in [7, 11) is 0. The number of halogens is 1. The fourth-order valence-corrected chi connectivity index (χ4v) is 0.806. The van der Waals surface area contributed by atoms with Gasteiger partial charge in [0, 0.05) is 18.9 Å². The molecule has 0 bridgehead atoms. The predicted octanol–water partition coefficient (Wildman–Crippen LogP) is 1.82. The van der Waals surface area contributed by atoms with Crippen LogP contribution in [-0.2, 0) is 6.54 Å². The van der Waals surface area contributed by atoms with Gasteiger partial charge in [-0.2, -0.15) is 4.39 Å². The number of unbranched alkanes of at least 4 members (excludes halogenated alkanes) is 1. The van der Waals surface area contributed by atoms with Crippen molar-refractivity contribution >= 4 is 0 Å². The highest BCUT2D eigenvalue weighted by Gasteiger charge is 1.97. The summed E-state index contributed by atoms with van der Waals surface area (Å²) in [5, 5.41) is 0. The van der Waals surface area contributed by atoms with Crippen LogP contribution < -0.4 is 0 Å². The molecule has 0 aliphatic heterocycles. The Balaban J connectivity index is 2.49. The van der Waals surface area contributed by atoms with E-state index in [1.54, 1.807) is 6.20 Å². The molecule has 1 aromatic heterocycles. The molecule has 0 atom stereocenters. The minimum Gasteiger partial charge on any atom is -0.307 e. The average molecular weight is 142 g/mol. The molecular weight excluding hydrogens is 131 g/mol. The van der Waals surface area contributed by atoms with E-state index in [0.717, 1.165) is 19.4 Å². The van der Waals surface area contributed by atoms with Crippen molar-refractivity contribution in [1.29, 1.82) is 0 Å². The van der Waals surface area contributed by atoms with Gasteiger partial charge in [0.25, 0.3) is 6.08 Å². The molecule has 0 saturated carbocycles. The van der Waals surface area contributed by atoms with Crippen molar-refractivity contribution in [2.24, 2.45) is 0 Å². The molecule has 1 heterocycles. The van der Waals surface area contributed by atoms with Crippen molar-refractivity contribution in [1.82, 2.24) is 9.55 Å². The van der Waals surface area contributed by atoms with E-state index in [1.165, 1.54) is 10.8 Å². The van der Waals surface area contributed by atoms with Crippen LogP contribution in [0.25, 0.3) is 0 Å². The van der Waals surface area contributed by atoms with Gasteiger partial charge in [-0.25, -0.2) is 4.98 Å². The Hall–Kier alpha value is -0.860. The third-order valence-corrected chi connectivity index (χ3v) is 1.42. The zero-order chi connectivity index (χ0) is 7.40. The van der Waals surface area contributed by atoms with Gasteiger partial charge >= 0.3 is 0 Å². The van der Waals surface area contributed by atoms with E-state index >= 15 is 0 Å². The van der Waals surface area contributed by atoms with Crippen molar-refractivity contribution in [3.63, 3.8) is 0 Å². The largest absolute Gasteiger partial charge is 0.307 e. The first-order valence-electron chi connectivity index (χ1n) is 3.51. The van der Waals surface area contributed by atoms with Gasteiger partial charge in [0.2, 0.25) is 0 Å². The average Bonchev–Trinajstić information content (AvgIpc) is 2.31. The highest BCUT2D eigenvalue weighted by molar-refractivity contribution is 4.76. The van der Waals surface area contributed by atoms with E-state index in [9.17, 15) is 4.39 Å². The molecule has 3 heteroatoms. The summed E-state index contributed by atoms with van der Waals surface area (Å²) < 4.78 is 14.0. The summed E-state index contributed by atoms with van der Waals surface area (Å²) in [6, 6.07) is 0. The second kappa shape index (κ2) is 3.34. The van der Waals surface area contributed by atoms with Crippen molar-refractivity contribution in [2.75, 3.05) is 0 Å². The molecule has 0 radical (unpaired) electrons. The molecule has 1 rings (SSSR count). The van der Waals surface area contributed by atoms with Crippen molar-refractivity contribution in [3.8, 4) is 0 Å². The standard InChI is InChI=1S/C7H11FN2/c1-2-3-5-10-6-4-9-7(10)8/h4,6H,2-3,5H2,1H3. The Morgan fingerprint density at radius 1 is 1.70 bits per heavy atom. The van der Waals surface area contributed by atoms with Gasteiger partial charge in [0.15, 0.2) is 0 Å². The maximum Gasteiger partial charge on any atom is 0.289 e. The molecule has 0 aromatic carbocycles. The fourth-order valence-electron chi connectivity index (χ4n) is 0.806. The number of hydrogen-bond donors (Lipinski definition) is 0. The van der Waals surface area contributed by atoms with Crippen LogP contribution in [-0.4, -0.2) is 9.55 Å². The van der Waals surface area contributed by atoms with E-state index < -0.39 is 0 Å². The van der Waals surface area contributed by atoms with Gasteiger partial charge in [-0.1, -0.05) is 13.3 Å². The molecule has 0 aliphatic rings. The Bertz CT molecular complexity index is 195. The Kier molecular flexibility index (Phi) is 2.42. The third kappa shape index (κ3) is 1.56. The zero-order valence-electron chi connectivity index (χ0n) is 6.05. The lowest BCUT2D eigenvalue weighted by Gasteiger charge is -1.98. The van der Waals surface area contributed by atoms with Crippen molar-refractivity contribution in [3.05, 3.63) is 18.5 Å². The molecular formula is C7H11FN2. The Morgan fingerprint density at radius 3 is 3.00 bits per heavy atom. The van der Waals surface area contributed by atoms with Gasteiger partial charge in [-0.15, -0.1) is 0 Å². The van der Waals surface area contributed by atoms with E-state index in [2.05, 4.69) is 11.9 Å². The molecule has 0 aliphatic carbocycles. The van der Waals surface area contributed by atoms with Crippen LogP contribution in [0.2, 0.25) is 0 Å². The van der Waals surface area contributed by atoms with E-state index in [1.807, 2.05) is 0 Å². The molecule has 0 saturated heterocycles. The third-order valence-electron chi connectivity index (χ3n) is 1.42. The zero-order valence-corrected chi connectivity index (χ0v) is 6.05. The highest BCUT2D eigenvalue weighted by atomic mass is 19.1. The van der Waals surface area contributed by atoms with Crippen LogP contribution in [0.5, 0.6) is 0 Å². The molecule has 0 unspecified atom stereocenters. The fraction of sp³-hybridized carbons (Fsp3) is 0.571. The second-order valence-corrected chi connectivity index (χ2v) is 2.24. The second-order valence-electron chi connectivity index (χ2n) is 2.24. The number of hydrogen-bond acceptors (Lipinski definition) is 1. The topological polar surface area (TPSA) is 17.8 Å². The lowest BCUT2D eigenvalue weighted by atomic mass is 10.3. The number of nitrogens with zero attached hydrogens (tertiary/aromatic N) is 2. The number of rotatable bonds is 3. The summed E-state index contributed by atoms with van der Waals surface area (Å²) in [6.45, 7) is 2.82. The van der Waals surface area contributed by atoms with Crippen LogP contribution >= 0.6 is 0 Å². The van der Waals surface area contributed by atoms with E-state index in [0.29, 0.717) is 0 Å². The van der Waals surface area contributed by atoms with Crippen molar-refractivity contribution < 1.29 is 4.39 Å². The van der Waals surface area contributed by atoms with E-state index in [4.69, 9.17) is 0 Å². The number of imidazole rings is 1. The lowest BCUT2D eigenvalue weighted by molar-refractivity contribution is 0.457. The predicted molar refractivity (Wildman–Crippen MR) is 37.1 cm³/mol. The first kappa shape index (κ1) is 7.25. The van der Waals surface area contributed by atoms with Gasteiger partial charge in [-0.05, 0) is 6.42 Å². The normalized spacial score (nSPS) is 10.2. The minimum atomic E-state index is -0.381. The molecule has 56 valence electrons. The van der Waals surface area contributed by atoms with Crippen LogP contribution in [0.1, 0.15) is 19.8 Å². The summed E-state index contributed by atoms with van der Waals surface area (Å²) in [4.78, 5) is 3.47. The van der Waals surface area contributed by atoms with Gasteiger partial charge in [-0.3, -0.25) is 0 Å². The van der Waals surface area contributed by atoms with Gasteiger partial charge in [0.05, 0.1) is 0 Å². The summed E-state index contributed by atoms with van der Waals surface area (Å²) in [5.74, 6) is 0. The van der Waals surface area contributed by atoms with Crippen LogP contribution in [0, 0.1) is 6.08 Å². The summed E-state index contributed by atoms with van der Waals surface area (Å²) in [5.41, 5.74) is 0. The lowest BCUT2D eigenvalue weighted by Crippen LogP contribution is -1.99. The molecule has 0 N–H and O–H groups in total. The summed E-state index contributed by atoms with van der Waals surface area (Å²) >= 11 is 0. The quantitative estimate of drug-likeness (QED) is 0.629. The summed E-state index contributed by atoms with van der Waals surface area (Å²) in [6.07, 6.45) is 4.84.